The second-order valence-corrected chi connectivity index (χ2v) is 9.32. The molecular weight excluding hydrogens is 422 g/mol. The third kappa shape index (κ3) is 3.84. The van der Waals surface area contributed by atoms with Gasteiger partial charge in [0.05, 0.1) is 10.6 Å². The predicted octanol–water partition coefficient (Wildman–Crippen LogP) is 4.85. The molecule has 2 aliphatic heterocycles. The van der Waals surface area contributed by atoms with Crippen LogP contribution in [0.1, 0.15) is 35.7 Å². The minimum Gasteiger partial charge on any atom is -0.368 e. The average Bonchev–Trinajstić information content (AvgIpc) is 2.83. The van der Waals surface area contributed by atoms with Crippen LogP contribution in [0.15, 0.2) is 55.0 Å². The summed E-state index contributed by atoms with van der Waals surface area (Å²) in [6.45, 7) is 4.93. The number of pyridine rings is 1. The third-order valence-corrected chi connectivity index (χ3v) is 7.14. The van der Waals surface area contributed by atoms with E-state index in [2.05, 4.69) is 32.1 Å². The Labute approximate surface area is 193 Å². The van der Waals surface area contributed by atoms with Crippen LogP contribution in [0.5, 0.6) is 0 Å². The summed E-state index contributed by atoms with van der Waals surface area (Å²) in [4.78, 5) is 29.2. The summed E-state index contributed by atoms with van der Waals surface area (Å²) < 4.78 is 0. The molecule has 1 saturated carbocycles. The summed E-state index contributed by atoms with van der Waals surface area (Å²) in [6, 6.07) is 11.8. The summed E-state index contributed by atoms with van der Waals surface area (Å²) in [5.74, 6) is 2.59. The van der Waals surface area contributed by atoms with Crippen molar-refractivity contribution in [1.29, 1.82) is 0 Å². The van der Waals surface area contributed by atoms with Crippen molar-refractivity contribution < 1.29 is 4.79 Å². The molecule has 2 bridgehead atoms. The largest absolute Gasteiger partial charge is 0.368 e. The van der Waals surface area contributed by atoms with Gasteiger partial charge in [-0.1, -0.05) is 36.2 Å². The first-order valence-corrected chi connectivity index (χ1v) is 11.4. The number of nitrogens with zero attached hydrogens (tertiary/aromatic N) is 4. The lowest BCUT2D eigenvalue weighted by molar-refractivity contribution is -0.0582. The molecule has 2 aromatic heterocycles. The Hall–Kier alpha value is -2.99. The number of anilines is 1. The van der Waals surface area contributed by atoms with Gasteiger partial charge in [-0.25, -0.2) is 15.0 Å². The van der Waals surface area contributed by atoms with Gasteiger partial charge in [0.25, 0.3) is 5.91 Å². The van der Waals surface area contributed by atoms with E-state index >= 15 is 0 Å². The maximum Gasteiger partial charge on any atom is 0.255 e. The number of aromatic nitrogens is 3. The van der Waals surface area contributed by atoms with Crippen LogP contribution in [0.3, 0.4) is 0 Å². The number of hydrogen-bond donors (Lipinski definition) is 1. The fraction of sp³-hybridized carbons (Fsp3) is 0.360. The van der Waals surface area contributed by atoms with Gasteiger partial charge < -0.3 is 10.2 Å². The molecule has 1 aliphatic carbocycles. The Morgan fingerprint density at radius 3 is 2.69 bits per heavy atom. The van der Waals surface area contributed by atoms with E-state index in [1.54, 1.807) is 24.7 Å². The van der Waals surface area contributed by atoms with Crippen LogP contribution >= 0.6 is 11.6 Å². The van der Waals surface area contributed by atoms with Crippen LogP contribution in [0.4, 0.5) is 5.82 Å². The molecule has 7 heteroatoms. The lowest BCUT2D eigenvalue weighted by Crippen LogP contribution is -2.65. The smallest absolute Gasteiger partial charge is 0.255 e. The number of amides is 1. The van der Waals surface area contributed by atoms with Crippen molar-refractivity contribution in [2.24, 2.45) is 11.8 Å². The van der Waals surface area contributed by atoms with E-state index in [0.717, 1.165) is 29.8 Å². The predicted molar refractivity (Wildman–Crippen MR) is 126 cm³/mol. The van der Waals surface area contributed by atoms with Crippen LogP contribution in [0.25, 0.3) is 11.4 Å². The number of halogens is 1. The number of rotatable bonds is 5. The molecule has 3 fully saturated rings. The first-order chi connectivity index (χ1) is 15.5. The van der Waals surface area contributed by atoms with Crippen molar-refractivity contribution in [3.8, 4) is 11.4 Å². The Balaban J connectivity index is 1.45. The van der Waals surface area contributed by atoms with E-state index < -0.39 is 0 Å². The molecule has 164 valence electrons. The van der Waals surface area contributed by atoms with Gasteiger partial charge in [0.1, 0.15) is 5.82 Å². The van der Waals surface area contributed by atoms with E-state index in [-0.39, 0.29) is 18.0 Å². The second kappa shape index (κ2) is 8.51. The normalized spacial score (nSPS) is 24.0. The van der Waals surface area contributed by atoms with Crippen LogP contribution in [-0.2, 0) is 0 Å². The zero-order valence-corrected chi connectivity index (χ0v) is 19.0. The summed E-state index contributed by atoms with van der Waals surface area (Å²) in [5.41, 5.74) is 2.49. The molecule has 3 aliphatic rings. The first kappa shape index (κ1) is 20.9. The molecule has 1 N–H and O–H groups in total. The van der Waals surface area contributed by atoms with E-state index in [1.807, 2.05) is 37.3 Å². The fourth-order valence-corrected chi connectivity index (χ4v) is 5.19. The molecule has 6 rings (SSSR count). The minimum absolute atomic E-state index is 0.0574. The monoisotopic (exact) mass is 447 g/mol. The number of carbonyl (C=O) groups is 1. The lowest BCUT2D eigenvalue weighted by atomic mass is 9.62. The number of benzene rings is 1. The van der Waals surface area contributed by atoms with Crippen LogP contribution in [-0.4, -0.2) is 44.4 Å². The molecule has 4 atom stereocenters. The fourth-order valence-electron chi connectivity index (χ4n) is 5.08. The number of carbonyl (C=O) groups excluding carboxylic acids is 1. The van der Waals surface area contributed by atoms with Crippen molar-refractivity contribution in [2.45, 2.75) is 38.8 Å². The number of hydrogen-bond acceptors (Lipinski definition) is 5. The lowest BCUT2D eigenvalue weighted by Gasteiger charge is -2.58. The molecule has 1 amide bonds. The Bertz CT molecular complexity index is 1120. The number of piperidine rings is 2. The summed E-state index contributed by atoms with van der Waals surface area (Å²) in [6.07, 6.45) is 7.12. The molecular formula is C25H26ClN5O. The number of nitrogens with one attached hydrogen (secondary N) is 1. The second-order valence-electron chi connectivity index (χ2n) is 8.89. The molecule has 0 spiro atoms. The molecule has 4 heterocycles. The van der Waals surface area contributed by atoms with Gasteiger partial charge in [-0.15, -0.1) is 0 Å². The van der Waals surface area contributed by atoms with Gasteiger partial charge in [-0.3, -0.25) is 4.79 Å². The Kier molecular flexibility index (Phi) is 5.55. The van der Waals surface area contributed by atoms with Crippen molar-refractivity contribution in [2.75, 3.05) is 11.9 Å². The van der Waals surface area contributed by atoms with Crippen molar-refractivity contribution in [1.82, 2.24) is 19.9 Å². The highest BCUT2D eigenvalue weighted by Crippen LogP contribution is 2.48. The van der Waals surface area contributed by atoms with Crippen molar-refractivity contribution >= 4 is 23.3 Å². The minimum atomic E-state index is 0.0574. The van der Waals surface area contributed by atoms with E-state index in [1.165, 1.54) is 0 Å². The summed E-state index contributed by atoms with van der Waals surface area (Å²) in [5, 5.41) is 4.01. The van der Waals surface area contributed by atoms with Gasteiger partial charge in [0.2, 0.25) is 0 Å². The molecule has 6 nitrogen and oxygen atoms in total. The maximum absolute atomic E-state index is 14.0. The van der Waals surface area contributed by atoms with Crippen molar-refractivity contribution in [3.05, 3.63) is 71.1 Å². The Morgan fingerprint density at radius 2 is 1.97 bits per heavy atom. The van der Waals surface area contributed by atoms with Gasteiger partial charge in [-0.2, -0.15) is 0 Å². The van der Waals surface area contributed by atoms with Crippen molar-refractivity contribution in [3.63, 3.8) is 0 Å². The summed E-state index contributed by atoms with van der Waals surface area (Å²) in [7, 11) is 0. The molecule has 0 radical (unpaired) electrons. The zero-order chi connectivity index (χ0) is 22.2. The highest BCUT2D eigenvalue weighted by Gasteiger charge is 2.51. The van der Waals surface area contributed by atoms with Crippen LogP contribution in [0.2, 0.25) is 5.02 Å². The van der Waals surface area contributed by atoms with E-state index in [9.17, 15) is 4.79 Å². The quantitative estimate of drug-likeness (QED) is 0.605. The average molecular weight is 448 g/mol. The molecule has 32 heavy (non-hydrogen) atoms. The zero-order valence-electron chi connectivity index (χ0n) is 18.2. The van der Waals surface area contributed by atoms with Gasteiger partial charge >= 0.3 is 0 Å². The topological polar surface area (TPSA) is 71.0 Å². The number of aryl methyl sites for hydroxylation is 1. The molecule has 1 aromatic carbocycles. The maximum atomic E-state index is 14.0. The highest BCUT2D eigenvalue weighted by molar-refractivity contribution is 6.30. The van der Waals surface area contributed by atoms with E-state index in [0.29, 0.717) is 34.8 Å². The standard InChI is InChI=1S/C25H26ClN5O/c1-15-4-6-20(24-27-8-3-9-28-24)21(10-15)25(32)31-19(11-17-12-22(31)16(17)2)14-30-23-7-5-18(26)13-29-23/h3-10,13,16-17,19,22H,11-12,14H2,1-2H3,(H,29,30)/t16-,17?,19-,22+/m0/s1. The van der Waals surface area contributed by atoms with Gasteiger partial charge in [0, 0.05) is 42.8 Å². The van der Waals surface area contributed by atoms with Crippen LogP contribution in [0, 0.1) is 18.8 Å². The summed E-state index contributed by atoms with van der Waals surface area (Å²) >= 11 is 5.96. The molecule has 3 aromatic rings. The van der Waals surface area contributed by atoms with Gasteiger partial charge in [0.15, 0.2) is 5.82 Å². The van der Waals surface area contributed by atoms with E-state index in [4.69, 9.17) is 11.6 Å². The first-order valence-electron chi connectivity index (χ1n) is 11.1. The number of fused-ring (bicyclic) bond motifs is 2. The SMILES string of the molecule is Cc1ccc(-c2ncccn2)c(C(=O)N2[C@H](CNc3ccc(Cl)cn3)CC3C[C@@H]2[C@H]3C)c1. The molecule has 2 saturated heterocycles. The van der Waals surface area contributed by atoms with Crippen LogP contribution < -0.4 is 5.32 Å². The molecule has 1 unspecified atom stereocenters. The Morgan fingerprint density at radius 1 is 1.16 bits per heavy atom. The highest BCUT2D eigenvalue weighted by atomic mass is 35.5. The van der Waals surface area contributed by atoms with Gasteiger partial charge in [-0.05, 0) is 55.9 Å². The third-order valence-electron chi connectivity index (χ3n) is 6.91.